The van der Waals surface area contributed by atoms with E-state index in [1.54, 1.807) is 13.2 Å². The molecule has 118 valence electrons. The molecule has 1 unspecified atom stereocenters. The molecule has 1 aromatic heterocycles. The van der Waals surface area contributed by atoms with E-state index in [-0.39, 0.29) is 5.91 Å². The Morgan fingerprint density at radius 3 is 2.77 bits per heavy atom. The highest BCUT2D eigenvalue weighted by Gasteiger charge is 2.13. The number of carbonyl (C=O) groups is 1. The Balaban J connectivity index is 1.55. The van der Waals surface area contributed by atoms with Gasteiger partial charge in [-0.1, -0.05) is 18.2 Å². The van der Waals surface area contributed by atoms with Crippen LogP contribution in [-0.2, 0) is 16.1 Å². The van der Waals surface area contributed by atoms with Gasteiger partial charge in [-0.25, -0.2) is 0 Å². The quantitative estimate of drug-likeness (QED) is 0.724. The van der Waals surface area contributed by atoms with Crippen molar-refractivity contribution in [3.63, 3.8) is 0 Å². The molecule has 5 heteroatoms. The zero-order valence-corrected chi connectivity index (χ0v) is 12.7. The van der Waals surface area contributed by atoms with E-state index in [4.69, 9.17) is 13.9 Å². The molecule has 2 aromatic rings. The fraction of sp³-hybridized carbons (Fsp3) is 0.353. The summed E-state index contributed by atoms with van der Waals surface area (Å²) in [6, 6.07) is 13.0. The third-order valence-corrected chi connectivity index (χ3v) is 3.01. The monoisotopic (exact) mass is 303 g/mol. The molecule has 0 spiro atoms. The topological polar surface area (TPSA) is 60.7 Å². The third kappa shape index (κ3) is 5.61. The highest BCUT2D eigenvalue weighted by Crippen LogP contribution is 2.10. The van der Waals surface area contributed by atoms with Crippen LogP contribution in [0.25, 0.3) is 0 Å². The van der Waals surface area contributed by atoms with Gasteiger partial charge in [-0.05, 0) is 37.6 Å². The van der Waals surface area contributed by atoms with E-state index in [1.807, 2.05) is 42.5 Å². The molecule has 0 bridgehead atoms. The average molecular weight is 303 g/mol. The van der Waals surface area contributed by atoms with Crippen LogP contribution in [0.4, 0.5) is 0 Å². The summed E-state index contributed by atoms with van der Waals surface area (Å²) in [6.45, 7) is 3.30. The average Bonchev–Trinajstić information content (AvgIpc) is 3.04. The van der Waals surface area contributed by atoms with Crippen LogP contribution in [0.1, 0.15) is 19.1 Å². The van der Waals surface area contributed by atoms with Gasteiger partial charge in [0.1, 0.15) is 18.1 Å². The van der Waals surface area contributed by atoms with Crippen LogP contribution in [0.5, 0.6) is 5.75 Å². The molecule has 2 rings (SSSR count). The maximum absolute atomic E-state index is 11.9. The molecule has 0 radical (unpaired) electrons. The fourth-order valence-corrected chi connectivity index (χ4v) is 1.85. The molecule has 1 heterocycles. The minimum absolute atomic E-state index is 0.130. The molecule has 1 atom stereocenters. The highest BCUT2D eigenvalue weighted by atomic mass is 16.5. The Morgan fingerprint density at radius 1 is 1.23 bits per heavy atom. The van der Waals surface area contributed by atoms with E-state index in [2.05, 4.69) is 5.32 Å². The van der Waals surface area contributed by atoms with Gasteiger partial charge in [-0.15, -0.1) is 0 Å². The minimum Gasteiger partial charge on any atom is -0.481 e. The van der Waals surface area contributed by atoms with Crippen molar-refractivity contribution in [3.05, 3.63) is 54.5 Å². The summed E-state index contributed by atoms with van der Waals surface area (Å²) >= 11 is 0. The first-order valence-electron chi connectivity index (χ1n) is 7.35. The van der Waals surface area contributed by atoms with E-state index in [1.165, 1.54) is 0 Å². The van der Waals surface area contributed by atoms with Gasteiger partial charge in [0.25, 0.3) is 5.91 Å². The Labute approximate surface area is 130 Å². The molecule has 0 aliphatic rings. The lowest BCUT2D eigenvalue weighted by molar-refractivity contribution is -0.127. The molecule has 1 aromatic carbocycles. The lowest BCUT2D eigenvalue weighted by atomic mass is 10.3. The summed E-state index contributed by atoms with van der Waals surface area (Å²) in [6.07, 6.45) is 1.84. The van der Waals surface area contributed by atoms with Crippen molar-refractivity contribution in [2.24, 2.45) is 0 Å². The number of carbonyl (C=O) groups excluding carboxylic acids is 1. The number of para-hydroxylation sites is 1. The molecular formula is C17H21NO4. The van der Waals surface area contributed by atoms with Gasteiger partial charge >= 0.3 is 0 Å². The van der Waals surface area contributed by atoms with Gasteiger partial charge in [0.15, 0.2) is 6.10 Å². The molecule has 0 aliphatic heterocycles. The molecule has 0 aliphatic carbocycles. The van der Waals surface area contributed by atoms with Gasteiger partial charge in [0.2, 0.25) is 0 Å². The van der Waals surface area contributed by atoms with E-state index in [0.717, 1.165) is 12.2 Å². The van der Waals surface area contributed by atoms with Crippen LogP contribution in [-0.4, -0.2) is 25.2 Å². The van der Waals surface area contributed by atoms with Crippen LogP contribution in [0.15, 0.2) is 53.1 Å². The third-order valence-electron chi connectivity index (χ3n) is 3.01. The summed E-state index contributed by atoms with van der Waals surface area (Å²) < 4.78 is 16.1. The molecule has 0 saturated carbocycles. The van der Waals surface area contributed by atoms with Crippen molar-refractivity contribution in [2.75, 3.05) is 13.2 Å². The van der Waals surface area contributed by atoms with Crippen molar-refractivity contribution in [3.8, 4) is 5.75 Å². The zero-order valence-electron chi connectivity index (χ0n) is 12.7. The van der Waals surface area contributed by atoms with Crippen molar-refractivity contribution < 1.29 is 18.7 Å². The largest absolute Gasteiger partial charge is 0.481 e. The van der Waals surface area contributed by atoms with Crippen LogP contribution in [0.2, 0.25) is 0 Å². The molecular weight excluding hydrogens is 282 g/mol. The second-order valence-electron chi connectivity index (χ2n) is 4.85. The summed E-state index contributed by atoms with van der Waals surface area (Å²) in [5.74, 6) is 1.36. The predicted octanol–water partition coefficient (Wildman–Crippen LogP) is 2.77. The minimum atomic E-state index is -0.522. The highest BCUT2D eigenvalue weighted by molar-refractivity contribution is 5.80. The molecule has 1 amide bonds. The number of rotatable bonds is 9. The number of amides is 1. The van der Waals surface area contributed by atoms with Gasteiger partial charge in [0, 0.05) is 13.2 Å². The SMILES string of the molecule is CC(Oc1ccccc1)C(=O)NCCCOCc1ccco1. The summed E-state index contributed by atoms with van der Waals surface area (Å²) in [5, 5.41) is 2.83. The van der Waals surface area contributed by atoms with Crippen LogP contribution in [0, 0.1) is 0 Å². The lowest BCUT2D eigenvalue weighted by Gasteiger charge is -2.14. The van der Waals surface area contributed by atoms with Crippen LogP contribution < -0.4 is 10.1 Å². The number of hydrogen-bond donors (Lipinski definition) is 1. The maximum Gasteiger partial charge on any atom is 0.260 e. The number of nitrogens with one attached hydrogen (secondary N) is 1. The molecule has 5 nitrogen and oxygen atoms in total. The number of hydrogen-bond acceptors (Lipinski definition) is 4. The van der Waals surface area contributed by atoms with Crippen LogP contribution >= 0.6 is 0 Å². The maximum atomic E-state index is 11.9. The van der Waals surface area contributed by atoms with Gasteiger partial charge < -0.3 is 19.2 Å². The smallest absolute Gasteiger partial charge is 0.260 e. The number of ether oxygens (including phenoxy) is 2. The Hall–Kier alpha value is -2.27. The van der Waals surface area contributed by atoms with Crippen molar-refractivity contribution in [1.29, 1.82) is 0 Å². The Morgan fingerprint density at radius 2 is 2.05 bits per heavy atom. The number of benzene rings is 1. The predicted molar refractivity (Wildman–Crippen MR) is 82.5 cm³/mol. The fourth-order valence-electron chi connectivity index (χ4n) is 1.85. The second-order valence-corrected chi connectivity index (χ2v) is 4.85. The van der Waals surface area contributed by atoms with Crippen LogP contribution in [0.3, 0.4) is 0 Å². The van der Waals surface area contributed by atoms with E-state index in [0.29, 0.717) is 25.5 Å². The van der Waals surface area contributed by atoms with Crippen molar-refractivity contribution in [1.82, 2.24) is 5.32 Å². The molecule has 22 heavy (non-hydrogen) atoms. The first kappa shape index (κ1) is 16.1. The van der Waals surface area contributed by atoms with Crippen molar-refractivity contribution >= 4 is 5.91 Å². The lowest BCUT2D eigenvalue weighted by Crippen LogP contribution is -2.37. The van der Waals surface area contributed by atoms with E-state index in [9.17, 15) is 4.79 Å². The van der Waals surface area contributed by atoms with E-state index >= 15 is 0 Å². The second kappa shape index (κ2) is 8.89. The first-order chi connectivity index (χ1) is 10.8. The Kier molecular flexibility index (Phi) is 6.51. The summed E-state index contributed by atoms with van der Waals surface area (Å²) in [4.78, 5) is 11.9. The molecule has 1 N–H and O–H groups in total. The van der Waals surface area contributed by atoms with Gasteiger partial charge in [-0.2, -0.15) is 0 Å². The normalized spacial score (nSPS) is 11.9. The van der Waals surface area contributed by atoms with E-state index < -0.39 is 6.10 Å². The standard InChI is InChI=1S/C17H21NO4/c1-14(22-15-7-3-2-4-8-15)17(19)18-10-6-11-20-13-16-9-5-12-21-16/h2-5,7-9,12,14H,6,10-11,13H2,1H3,(H,18,19). The summed E-state index contributed by atoms with van der Waals surface area (Å²) in [7, 11) is 0. The summed E-state index contributed by atoms with van der Waals surface area (Å²) in [5.41, 5.74) is 0. The molecule has 0 saturated heterocycles. The molecule has 0 fully saturated rings. The number of furan rings is 1. The van der Waals surface area contributed by atoms with Gasteiger partial charge in [0.05, 0.1) is 6.26 Å². The van der Waals surface area contributed by atoms with Gasteiger partial charge in [-0.3, -0.25) is 4.79 Å². The first-order valence-corrected chi connectivity index (χ1v) is 7.35. The zero-order chi connectivity index (χ0) is 15.6. The van der Waals surface area contributed by atoms with Crippen molar-refractivity contribution in [2.45, 2.75) is 26.1 Å². The Bertz CT molecular complexity index is 539.